The van der Waals surface area contributed by atoms with Crippen LogP contribution in [0.5, 0.6) is 0 Å². The second-order valence-corrected chi connectivity index (χ2v) is 7.53. The molecule has 0 aliphatic heterocycles. The lowest BCUT2D eigenvalue weighted by molar-refractivity contribution is -0.115. The monoisotopic (exact) mass is 395 g/mol. The summed E-state index contributed by atoms with van der Waals surface area (Å²) in [5.41, 5.74) is 11.0. The first-order valence-corrected chi connectivity index (χ1v) is 10.2. The van der Waals surface area contributed by atoms with Gasteiger partial charge in [0.2, 0.25) is 5.91 Å². The Labute approximate surface area is 169 Å². The number of nitrogens with zero attached hydrogens (tertiary/aromatic N) is 3. The zero-order valence-electron chi connectivity index (χ0n) is 16.4. The maximum atomic E-state index is 11.3. The number of aryl methyl sites for hydroxylation is 3. The third-order valence-electron chi connectivity index (χ3n) is 4.56. The molecule has 0 fully saturated rings. The van der Waals surface area contributed by atoms with Crippen molar-refractivity contribution in [2.24, 2.45) is 5.73 Å². The van der Waals surface area contributed by atoms with Crippen molar-refractivity contribution in [2.75, 3.05) is 11.1 Å². The number of hydrogen-bond donors (Lipinski definition) is 2. The molecule has 1 aromatic heterocycles. The highest BCUT2D eigenvalue weighted by molar-refractivity contribution is 7.99. The highest BCUT2D eigenvalue weighted by Gasteiger charge is 2.17. The lowest BCUT2D eigenvalue weighted by atomic mass is 10.1. The van der Waals surface area contributed by atoms with Crippen molar-refractivity contribution in [1.82, 2.24) is 14.8 Å². The third-order valence-corrected chi connectivity index (χ3v) is 5.51. The van der Waals surface area contributed by atoms with Gasteiger partial charge in [-0.15, -0.1) is 10.2 Å². The SMILES string of the molecule is CCc1ccccc1-n1c(CNc2c(C)cccc2C)nnc1SCC(N)=O. The number of aromatic nitrogens is 3. The van der Waals surface area contributed by atoms with E-state index >= 15 is 0 Å². The quantitative estimate of drug-likeness (QED) is 0.569. The van der Waals surface area contributed by atoms with Crippen LogP contribution in [0, 0.1) is 13.8 Å². The molecular formula is C21H25N5OS. The van der Waals surface area contributed by atoms with E-state index in [1.165, 1.54) is 28.5 Å². The molecule has 0 radical (unpaired) electrons. The van der Waals surface area contributed by atoms with Gasteiger partial charge in [-0.1, -0.05) is 55.1 Å². The Hall–Kier alpha value is -2.80. The highest BCUT2D eigenvalue weighted by Crippen LogP contribution is 2.26. The van der Waals surface area contributed by atoms with Gasteiger partial charge >= 0.3 is 0 Å². The Balaban J connectivity index is 1.98. The normalized spacial score (nSPS) is 10.8. The fraction of sp³-hybridized carbons (Fsp3) is 0.286. The highest BCUT2D eigenvalue weighted by atomic mass is 32.2. The van der Waals surface area contributed by atoms with Gasteiger partial charge in [-0.05, 0) is 43.0 Å². The minimum absolute atomic E-state index is 0.163. The van der Waals surface area contributed by atoms with Crippen molar-refractivity contribution >= 4 is 23.4 Å². The van der Waals surface area contributed by atoms with Gasteiger partial charge in [0.25, 0.3) is 0 Å². The van der Waals surface area contributed by atoms with Gasteiger partial charge in [0, 0.05) is 5.69 Å². The van der Waals surface area contributed by atoms with E-state index in [0.29, 0.717) is 11.7 Å². The van der Waals surface area contributed by atoms with Gasteiger partial charge in [0.1, 0.15) is 0 Å². The molecule has 0 saturated carbocycles. The van der Waals surface area contributed by atoms with Crippen LogP contribution in [0.2, 0.25) is 0 Å². The molecule has 0 aliphatic rings. The van der Waals surface area contributed by atoms with Crippen LogP contribution >= 0.6 is 11.8 Å². The van der Waals surface area contributed by atoms with Crippen molar-refractivity contribution in [1.29, 1.82) is 0 Å². The van der Waals surface area contributed by atoms with E-state index in [2.05, 4.69) is 66.6 Å². The minimum Gasteiger partial charge on any atom is -0.377 e. The first kappa shape index (κ1) is 19.9. The molecule has 0 atom stereocenters. The Morgan fingerprint density at radius 2 is 1.82 bits per heavy atom. The van der Waals surface area contributed by atoms with Crippen molar-refractivity contribution in [3.63, 3.8) is 0 Å². The lowest BCUT2D eigenvalue weighted by Crippen LogP contribution is -2.14. The molecule has 0 unspecified atom stereocenters. The van der Waals surface area contributed by atoms with Gasteiger partial charge < -0.3 is 11.1 Å². The Kier molecular flexibility index (Phi) is 6.36. The zero-order valence-corrected chi connectivity index (χ0v) is 17.2. The van der Waals surface area contributed by atoms with Crippen molar-refractivity contribution in [3.05, 3.63) is 65.0 Å². The van der Waals surface area contributed by atoms with Crippen LogP contribution in [0.25, 0.3) is 5.69 Å². The molecule has 6 nitrogen and oxygen atoms in total. The van der Waals surface area contributed by atoms with Gasteiger partial charge in [0.05, 0.1) is 18.0 Å². The summed E-state index contributed by atoms with van der Waals surface area (Å²) >= 11 is 1.31. The average Bonchev–Trinajstić information content (AvgIpc) is 3.08. The van der Waals surface area contributed by atoms with Crippen LogP contribution in [0.15, 0.2) is 47.6 Å². The first-order valence-electron chi connectivity index (χ1n) is 9.25. The number of rotatable bonds is 8. The predicted octanol–water partition coefficient (Wildman–Crippen LogP) is 3.64. The molecule has 0 bridgehead atoms. The smallest absolute Gasteiger partial charge is 0.227 e. The largest absolute Gasteiger partial charge is 0.377 e. The predicted molar refractivity (Wildman–Crippen MR) is 114 cm³/mol. The summed E-state index contributed by atoms with van der Waals surface area (Å²) < 4.78 is 2.02. The van der Waals surface area contributed by atoms with Crippen LogP contribution in [-0.2, 0) is 17.8 Å². The number of nitrogens with one attached hydrogen (secondary N) is 1. The number of anilines is 1. The van der Waals surface area contributed by atoms with E-state index in [-0.39, 0.29) is 11.7 Å². The van der Waals surface area contributed by atoms with Crippen LogP contribution in [0.3, 0.4) is 0 Å². The molecule has 1 amide bonds. The molecule has 3 rings (SSSR count). The molecule has 3 N–H and O–H groups in total. The number of carbonyl (C=O) groups excluding carboxylic acids is 1. The molecule has 7 heteroatoms. The van der Waals surface area contributed by atoms with E-state index < -0.39 is 0 Å². The van der Waals surface area contributed by atoms with Crippen LogP contribution < -0.4 is 11.1 Å². The summed E-state index contributed by atoms with van der Waals surface area (Å²) in [4.78, 5) is 11.3. The number of amides is 1. The second kappa shape index (κ2) is 8.93. The Morgan fingerprint density at radius 1 is 1.11 bits per heavy atom. The van der Waals surface area contributed by atoms with Gasteiger partial charge in [-0.3, -0.25) is 9.36 Å². The zero-order chi connectivity index (χ0) is 20.1. The summed E-state index contributed by atoms with van der Waals surface area (Å²) in [6, 6.07) is 14.4. The Morgan fingerprint density at radius 3 is 2.50 bits per heavy atom. The topological polar surface area (TPSA) is 85.8 Å². The van der Waals surface area contributed by atoms with E-state index in [4.69, 9.17) is 5.73 Å². The third kappa shape index (κ3) is 4.36. The molecule has 146 valence electrons. The van der Waals surface area contributed by atoms with Crippen molar-refractivity contribution in [3.8, 4) is 5.69 Å². The molecule has 0 aliphatic carbocycles. The summed E-state index contributed by atoms with van der Waals surface area (Å²) in [6.07, 6.45) is 0.887. The van der Waals surface area contributed by atoms with Crippen molar-refractivity contribution in [2.45, 2.75) is 38.9 Å². The second-order valence-electron chi connectivity index (χ2n) is 6.59. The molecule has 2 aromatic carbocycles. The molecule has 3 aromatic rings. The fourth-order valence-corrected chi connectivity index (χ4v) is 3.88. The standard InChI is InChI=1S/C21H25N5OS/c1-4-16-10-5-6-11-17(16)26-19(24-25-21(26)28-13-18(22)27)12-23-20-14(2)8-7-9-15(20)3/h5-11,23H,4,12-13H2,1-3H3,(H2,22,27). The summed E-state index contributed by atoms with van der Waals surface area (Å²) in [6.45, 7) is 6.81. The number of nitrogens with two attached hydrogens (primary N) is 1. The summed E-state index contributed by atoms with van der Waals surface area (Å²) in [5.74, 6) is 0.575. The molecule has 28 heavy (non-hydrogen) atoms. The number of thioether (sulfide) groups is 1. The van der Waals surface area contributed by atoms with Crippen molar-refractivity contribution < 1.29 is 4.79 Å². The van der Waals surface area contributed by atoms with Crippen LogP contribution in [-0.4, -0.2) is 26.4 Å². The maximum absolute atomic E-state index is 11.3. The minimum atomic E-state index is -0.376. The van der Waals surface area contributed by atoms with E-state index in [1.807, 2.05) is 16.7 Å². The van der Waals surface area contributed by atoms with E-state index in [0.717, 1.165) is 23.6 Å². The number of para-hydroxylation sites is 2. The maximum Gasteiger partial charge on any atom is 0.227 e. The van der Waals surface area contributed by atoms with Gasteiger partial charge in [-0.25, -0.2) is 0 Å². The number of hydrogen-bond acceptors (Lipinski definition) is 5. The first-order chi connectivity index (χ1) is 13.5. The summed E-state index contributed by atoms with van der Waals surface area (Å²) in [5, 5.41) is 12.9. The molecular weight excluding hydrogens is 370 g/mol. The van der Waals surface area contributed by atoms with E-state index in [1.54, 1.807) is 0 Å². The number of carbonyl (C=O) groups is 1. The summed E-state index contributed by atoms with van der Waals surface area (Å²) in [7, 11) is 0. The molecule has 0 spiro atoms. The van der Waals surface area contributed by atoms with Gasteiger partial charge in [0.15, 0.2) is 11.0 Å². The fourth-order valence-electron chi connectivity index (χ4n) is 3.17. The Bertz CT molecular complexity index is 962. The van der Waals surface area contributed by atoms with Gasteiger partial charge in [-0.2, -0.15) is 0 Å². The number of benzene rings is 2. The molecule has 1 heterocycles. The van der Waals surface area contributed by atoms with Crippen LogP contribution in [0.1, 0.15) is 29.4 Å². The molecule has 0 saturated heterocycles. The lowest BCUT2D eigenvalue weighted by Gasteiger charge is -2.16. The average molecular weight is 396 g/mol. The van der Waals surface area contributed by atoms with E-state index in [9.17, 15) is 4.79 Å². The number of primary amides is 1. The van der Waals surface area contributed by atoms with Crippen LogP contribution in [0.4, 0.5) is 5.69 Å².